The third-order valence-corrected chi connectivity index (χ3v) is 2.55. The highest BCUT2D eigenvalue weighted by Crippen LogP contribution is 2.12. The molecule has 2 heterocycles. The van der Waals surface area contributed by atoms with E-state index in [4.69, 9.17) is 0 Å². The molecule has 0 saturated carbocycles. The van der Waals surface area contributed by atoms with Gasteiger partial charge in [0, 0.05) is 45.9 Å². The minimum atomic E-state index is -0.326. The molecule has 84 valence electrons. The van der Waals surface area contributed by atoms with E-state index < -0.39 is 0 Å². The summed E-state index contributed by atoms with van der Waals surface area (Å²) >= 11 is 2.04. The van der Waals surface area contributed by atoms with Gasteiger partial charge in [-0.15, -0.1) is 0 Å². The van der Waals surface area contributed by atoms with Gasteiger partial charge in [0.25, 0.3) is 0 Å². The van der Waals surface area contributed by atoms with Gasteiger partial charge in [-0.1, -0.05) is 19.8 Å². The molecule has 0 aliphatic rings. The van der Waals surface area contributed by atoms with Crippen molar-refractivity contribution in [3.63, 3.8) is 0 Å². The predicted octanol–water partition coefficient (Wildman–Crippen LogP) is 3.89. The van der Waals surface area contributed by atoms with Crippen LogP contribution < -0.4 is 0 Å². The molecule has 2 rings (SSSR count). The van der Waals surface area contributed by atoms with Gasteiger partial charge < -0.3 is 4.40 Å². The number of nitrogens with zero attached hydrogens (tertiary/aromatic N) is 2. The van der Waals surface area contributed by atoms with E-state index >= 15 is 0 Å². The summed E-state index contributed by atoms with van der Waals surface area (Å²) in [4.78, 5) is 4.05. The van der Waals surface area contributed by atoms with Gasteiger partial charge in [0.05, 0.1) is 5.56 Å². The van der Waals surface area contributed by atoms with Crippen molar-refractivity contribution in [3.8, 4) is 11.2 Å². The molecule has 0 spiro atoms. The predicted molar refractivity (Wildman–Crippen MR) is 75.0 cm³/mol. The Morgan fingerprint density at radius 2 is 2.25 bits per heavy atom. The number of rotatable bonds is 0. The lowest BCUT2D eigenvalue weighted by Gasteiger charge is -1.96. The van der Waals surface area contributed by atoms with Crippen LogP contribution in [0.15, 0.2) is 24.7 Å². The van der Waals surface area contributed by atoms with Crippen LogP contribution >= 0.6 is 30.1 Å². The second-order valence-electron chi connectivity index (χ2n) is 2.53. The number of halogens is 2. The Hall–Kier alpha value is -0.740. The first-order valence-corrected chi connectivity index (χ1v) is 8.08. The molecule has 0 aliphatic carbocycles. The Kier molecular flexibility index (Phi) is 5.63. The largest absolute Gasteiger partial charge is 0.304 e. The fourth-order valence-electron chi connectivity index (χ4n) is 1.11. The Labute approximate surface area is 110 Å². The summed E-state index contributed by atoms with van der Waals surface area (Å²) < 4.78 is 15.0. The van der Waals surface area contributed by atoms with Crippen LogP contribution in [0, 0.1) is 17.0 Å². The Balaban J connectivity index is 0.000000606. The maximum atomic E-state index is 13.4. The van der Waals surface area contributed by atoms with E-state index in [1.54, 1.807) is 22.9 Å². The topological polar surface area (TPSA) is 17.3 Å². The third kappa shape index (κ3) is 3.12. The van der Waals surface area contributed by atoms with Crippen LogP contribution in [0.1, 0.15) is 19.4 Å². The average molecular weight is 348 g/mol. The molecular weight excluding hydrogens is 338 g/mol. The maximum absolute atomic E-state index is 13.4. The van der Waals surface area contributed by atoms with Gasteiger partial charge in [0.1, 0.15) is 5.65 Å². The molecule has 0 bridgehead atoms. The minimum absolute atomic E-state index is 0.326. The average Bonchev–Trinajstić information content (AvgIpc) is 2.75. The summed E-state index contributed by atoms with van der Waals surface area (Å²) in [5.74, 6) is 2.40. The summed E-state index contributed by atoms with van der Waals surface area (Å²) in [6.07, 6.45) is 4.70. The molecule has 16 heavy (non-hydrogen) atoms. The highest BCUT2D eigenvalue weighted by Gasteiger charge is 2.02. The number of hydrogen-bond donors (Lipinski definition) is 0. The van der Waals surface area contributed by atoms with Crippen LogP contribution in [0.5, 0.6) is 0 Å². The van der Waals surface area contributed by atoms with E-state index in [0.717, 1.165) is 0 Å². The molecule has 2 aromatic heterocycles. The monoisotopic (exact) mass is 348 g/mol. The zero-order chi connectivity index (χ0) is 12.0. The fraction of sp³-hybridized carbons (Fsp3) is 0.182. The van der Waals surface area contributed by atoms with Crippen LogP contribution in [0.25, 0.3) is 5.65 Å². The van der Waals surface area contributed by atoms with E-state index in [2.05, 4.69) is 16.2 Å². The molecule has 0 amide bonds. The normalized spacial score (nSPS) is 9.00. The highest BCUT2D eigenvalue weighted by molar-refractivity contribution is 14.2. The molecule has 0 fully saturated rings. The first-order chi connectivity index (χ1) is 7.81. The van der Waals surface area contributed by atoms with E-state index in [9.17, 15) is 4.39 Å². The lowest BCUT2D eigenvalue weighted by atomic mass is 10.2. The van der Waals surface area contributed by atoms with Gasteiger partial charge in [-0.25, -0.2) is 9.37 Å². The molecule has 0 aromatic carbocycles. The van der Waals surface area contributed by atoms with Gasteiger partial charge >= 0.3 is 0 Å². The van der Waals surface area contributed by atoms with E-state index in [1.165, 1.54) is 15.1 Å². The van der Waals surface area contributed by atoms with Crippen molar-refractivity contribution in [2.24, 2.45) is 0 Å². The van der Waals surface area contributed by atoms with Crippen molar-refractivity contribution >= 4 is 35.8 Å². The van der Waals surface area contributed by atoms with Gasteiger partial charge in [-0.3, -0.25) is 0 Å². The van der Waals surface area contributed by atoms with Crippen LogP contribution in [0.3, 0.4) is 0 Å². The van der Waals surface area contributed by atoms with Gasteiger partial charge in [-0.05, 0) is 14.2 Å². The van der Waals surface area contributed by atoms with E-state index in [1.807, 2.05) is 35.1 Å². The first kappa shape index (κ1) is 13.3. The summed E-state index contributed by atoms with van der Waals surface area (Å²) in [7, 11) is 1.33. The Morgan fingerprint density at radius 1 is 1.50 bits per heavy atom. The number of hydrogen-bond acceptors (Lipinski definition) is 2. The first-order valence-electron chi connectivity index (χ1n) is 4.72. The van der Waals surface area contributed by atoms with Gasteiger partial charge in [0.15, 0.2) is 5.82 Å². The zero-order valence-corrected chi connectivity index (χ0v) is 11.8. The zero-order valence-electron chi connectivity index (χ0n) is 8.87. The van der Waals surface area contributed by atoms with Gasteiger partial charge in [-0.2, -0.15) is 0 Å². The molecule has 2 nitrogen and oxygen atoms in total. The number of fused-ring (bicyclic) bond motifs is 1. The number of imidazole rings is 1. The molecule has 2 aromatic rings. The van der Waals surface area contributed by atoms with Crippen LogP contribution in [-0.4, -0.2) is 9.38 Å². The number of pyridine rings is 1. The molecule has 5 heteroatoms. The molecule has 0 N–H and O–H groups in total. The quantitative estimate of drug-likeness (QED) is 0.531. The smallest absolute Gasteiger partial charge is 0.155 e. The molecule has 0 saturated heterocycles. The fourth-order valence-corrected chi connectivity index (χ4v) is 1.58. The molecule has 0 radical (unpaired) electrons. The third-order valence-electron chi connectivity index (χ3n) is 1.71. The van der Waals surface area contributed by atoms with Crippen molar-refractivity contribution in [1.82, 2.24) is 9.38 Å². The van der Waals surface area contributed by atoms with Crippen molar-refractivity contribution in [2.75, 3.05) is 0 Å². The minimum Gasteiger partial charge on any atom is -0.304 e. The molecule has 0 aliphatic heterocycles. The second kappa shape index (κ2) is 6.76. The molecular formula is C11H10FIN2S. The van der Waals surface area contributed by atoms with Crippen molar-refractivity contribution < 1.29 is 4.39 Å². The van der Waals surface area contributed by atoms with Gasteiger partial charge in [0.2, 0.25) is 0 Å². The van der Waals surface area contributed by atoms with Crippen molar-refractivity contribution in [3.05, 3.63) is 36.0 Å². The van der Waals surface area contributed by atoms with Crippen LogP contribution in [0.4, 0.5) is 4.39 Å². The Morgan fingerprint density at radius 3 is 2.94 bits per heavy atom. The molecule has 0 unspecified atom stereocenters. The summed E-state index contributed by atoms with van der Waals surface area (Å²) in [5, 5.41) is 2.74. The van der Waals surface area contributed by atoms with Crippen molar-refractivity contribution in [1.29, 1.82) is 0 Å². The Bertz CT molecular complexity index is 527. The standard InChI is InChI=1S/C9H4FIN2S.C2H6/c10-8-6-13-3-2-12-9(13)5-7(8)1-4-14-11;1-2/h2-3,5-6H;1-2H3. The lowest BCUT2D eigenvalue weighted by Crippen LogP contribution is -1.90. The molecule has 0 atom stereocenters. The van der Waals surface area contributed by atoms with Crippen molar-refractivity contribution in [2.45, 2.75) is 13.8 Å². The van der Waals surface area contributed by atoms with Crippen LogP contribution in [0.2, 0.25) is 0 Å². The maximum Gasteiger partial charge on any atom is 0.155 e. The summed E-state index contributed by atoms with van der Waals surface area (Å²) in [5.41, 5.74) is 1.09. The van der Waals surface area contributed by atoms with E-state index in [0.29, 0.717) is 11.2 Å². The SMILES string of the molecule is CC.Fc1cn2ccnc2cc1C#CSI. The van der Waals surface area contributed by atoms with Crippen LogP contribution in [-0.2, 0) is 0 Å². The second-order valence-corrected chi connectivity index (χ2v) is 4.21. The summed E-state index contributed by atoms with van der Waals surface area (Å²) in [6, 6.07) is 1.63. The lowest BCUT2D eigenvalue weighted by molar-refractivity contribution is 0.616. The highest BCUT2D eigenvalue weighted by atomic mass is 127. The van der Waals surface area contributed by atoms with E-state index in [-0.39, 0.29) is 5.82 Å². The number of aromatic nitrogens is 2. The summed E-state index contributed by atoms with van der Waals surface area (Å²) in [6.45, 7) is 4.00.